The summed E-state index contributed by atoms with van der Waals surface area (Å²) in [5.41, 5.74) is 5.18. The van der Waals surface area contributed by atoms with E-state index in [4.69, 9.17) is 0 Å². The van der Waals surface area contributed by atoms with Crippen molar-refractivity contribution < 1.29 is 0 Å². The van der Waals surface area contributed by atoms with E-state index in [0.29, 0.717) is 6.04 Å². The zero-order chi connectivity index (χ0) is 15.2. The van der Waals surface area contributed by atoms with Crippen LogP contribution in [0.25, 0.3) is 0 Å². The topological polar surface area (TPSA) is 37.8 Å². The predicted octanol–water partition coefficient (Wildman–Crippen LogP) is 4.00. The molecule has 0 aliphatic carbocycles. The second kappa shape index (κ2) is 7.66. The molecule has 1 aromatic heterocycles. The molecule has 3 nitrogen and oxygen atoms in total. The molecule has 2 aromatic rings. The summed E-state index contributed by atoms with van der Waals surface area (Å²) in [6, 6.07) is 7.12. The molecule has 1 N–H and O–H groups in total. The zero-order valence-electron chi connectivity index (χ0n) is 13.4. The molecule has 1 aromatic carbocycles. The van der Waals surface area contributed by atoms with Crippen LogP contribution in [0, 0.1) is 13.8 Å². The second-order valence-electron chi connectivity index (χ2n) is 5.64. The first-order valence-corrected chi connectivity index (χ1v) is 8.53. The van der Waals surface area contributed by atoms with Gasteiger partial charge in [-0.1, -0.05) is 47.7 Å². The lowest BCUT2D eigenvalue weighted by Gasteiger charge is -2.18. The molecule has 0 amide bonds. The van der Waals surface area contributed by atoms with Gasteiger partial charge < -0.3 is 5.32 Å². The number of rotatable bonds is 7. The molecule has 114 valence electrons. The van der Waals surface area contributed by atoms with Crippen LogP contribution < -0.4 is 5.32 Å². The van der Waals surface area contributed by atoms with E-state index in [2.05, 4.69) is 60.8 Å². The van der Waals surface area contributed by atoms with Gasteiger partial charge >= 0.3 is 0 Å². The van der Waals surface area contributed by atoms with Gasteiger partial charge in [-0.25, -0.2) is 0 Å². The van der Waals surface area contributed by atoms with Crippen LogP contribution in [0.15, 0.2) is 18.2 Å². The first kappa shape index (κ1) is 16.1. The number of aromatic nitrogens is 2. The van der Waals surface area contributed by atoms with Gasteiger partial charge in [0.15, 0.2) is 0 Å². The lowest BCUT2D eigenvalue weighted by Crippen LogP contribution is -2.24. The maximum atomic E-state index is 4.27. The molecule has 0 fully saturated rings. The van der Waals surface area contributed by atoms with Crippen LogP contribution in [-0.4, -0.2) is 16.1 Å². The lowest BCUT2D eigenvalue weighted by molar-refractivity contribution is 0.532. The van der Waals surface area contributed by atoms with Crippen LogP contribution in [0.4, 0.5) is 0 Å². The third-order valence-corrected chi connectivity index (χ3v) is 4.48. The van der Waals surface area contributed by atoms with Crippen LogP contribution in [0.1, 0.15) is 53.6 Å². The Balaban J connectivity index is 2.23. The van der Waals surface area contributed by atoms with Gasteiger partial charge in [0.2, 0.25) is 0 Å². The van der Waals surface area contributed by atoms with E-state index in [-0.39, 0.29) is 0 Å². The summed E-state index contributed by atoms with van der Waals surface area (Å²) in [6.07, 6.45) is 3.08. The molecule has 0 spiro atoms. The number of nitrogens with zero attached hydrogens (tertiary/aromatic N) is 2. The summed E-state index contributed by atoms with van der Waals surface area (Å²) in [6.45, 7) is 9.70. The Morgan fingerprint density at radius 1 is 1.14 bits per heavy atom. The molecule has 0 aliphatic heterocycles. The van der Waals surface area contributed by atoms with Crippen molar-refractivity contribution in [3.63, 3.8) is 0 Å². The minimum Gasteiger partial charge on any atom is -0.309 e. The number of hydrogen-bond acceptors (Lipinski definition) is 4. The molecule has 0 saturated heterocycles. The third kappa shape index (κ3) is 4.35. The molecule has 0 bridgehead atoms. The van der Waals surface area contributed by atoms with Gasteiger partial charge in [0.25, 0.3) is 0 Å². The van der Waals surface area contributed by atoms with Crippen LogP contribution in [0.5, 0.6) is 0 Å². The first-order valence-electron chi connectivity index (χ1n) is 7.75. The molecule has 21 heavy (non-hydrogen) atoms. The molecule has 0 saturated carbocycles. The van der Waals surface area contributed by atoms with Crippen LogP contribution in [0.2, 0.25) is 0 Å². The zero-order valence-corrected chi connectivity index (χ0v) is 14.3. The van der Waals surface area contributed by atoms with E-state index in [1.165, 1.54) is 33.1 Å². The highest BCUT2D eigenvalue weighted by Crippen LogP contribution is 2.25. The Bertz CT molecular complexity index is 557. The maximum Gasteiger partial charge on any atom is 0.0801 e. The molecule has 1 heterocycles. The van der Waals surface area contributed by atoms with Crippen LogP contribution in [0.3, 0.4) is 0 Å². The Hall–Kier alpha value is -1.26. The predicted molar refractivity (Wildman–Crippen MR) is 89.9 cm³/mol. The van der Waals surface area contributed by atoms with E-state index in [9.17, 15) is 0 Å². The summed E-state index contributed by atoms with van der Waals surface area (Å²) in [5, 5.41) is 7.93. The van der Waals surface area contributed by atoms with Crippen LogP contribution in [-0.2, 0) is 12.8 Å². The molecular weight excluding hydrogens is 278 g/mol. The standard InChI is InChI=1S/C17H25N3S/c1-5-7-18-16(17-15(6-2)19-20-21-17)11-14-9-12(3)8-13(4)10-14/h8-10,16,18H,5-7,11H2,1-4H3. The Labute approximate surface area is 132 Å². The highest BCUT2D eigenvalue weighted by atomic mass is 32.1. The maximum absolute atomic E-state index is 4.27. The lowest BCUT2D eigenvalue weighted by atomic mass is 9.99. The molecule has 4 heteroatoms. The van der Waals surface area contributed by atoms with Gasteiger partial charge in [-0.3, -0.25) is 0 Å². The van der Waals surface area contributed by atoms with Crippen molar-refractivity contribution in [2.75, 3.05) is 6.54 Å². The summed E-state index contributed by atoms with van der Waals surface area (Å²) >= 11 is 1.54. The number of aryl methyl sites for hydroxylation is 3. The van der Waals surface area contributed by atoms with Crippen molar-refractivity contribution in [1.29, 1.82) is 0 Å². The van der Waals surface area contributed by atoms with Gasteiger partial charge in [0.1, 0.15) is 0 Å². The fourth-order valence-corrected chi connectivity index (χ4v) is 3.54. The third-order valence-electron chi connectivity index (χ3n) is 3.60. The smallest absolute Gasteiger partial charge is 0.0801 e. The van der Waals surface area contributed by atoms with Crippen molar-refractivity contribution in [1.82, 2.24) is 14.9 Å². The van der Waals surface area contributed by atoms with Gasteiger partial charge in [0.05, 0.1) is 10.6 Å². The van der Waals surface area contributed by atoms with Gasteiger partial charge in [-0.2, -0.15) is 0 Å². The quantitative estimate of drug-likeness (QED) is 0.840. The second-order valence-corrected chi connectivity index (χ2v) is 6.43. The Morgan fingerprint density at radius 3 is 2.48 bits per heavy atom. The molecular formula is C17H25N3S. The van der Waals surface area contributed by atoms with Crippen molar-refractivity contribution in [2.45, 2.75) is 53.0 Å². The highest BCUT2D eigenvalue weighted by molar-refractivity contribution is 7.05. The monoisotopic (exact) mass is 303 g/mol. The molecule has 0 radical (unpaired) electrons. The van der Waals surface area contributed by atoms with Crippen molar-refractivity contribution in [3.8, 4) is 0 Å². The largest absolute Gasteiger partial charge is 0.309 e. The molecule has 2 rings (SSSR count). The molecule has 1 atom stereocenters. The fraction of sp³-hybridized carbons (Fsp3) is 0.529. The minimum absolute atomic E-state index is 0.320. The first-order chi connectivity index (χ1) is 10.1. The van der Waals surface area contributed by atoms with Gasteiger partial charge in [0, 0.05) is 6.04 Å². The molecule has 1 unspecified atom stereocenters. The summed E-state index contributed by atoms with van der Waals surface area (Å²) in [5.74, 6) is 0. The minimum atomic E-state index is 0.320. The van der Waals surface area contributed by atoms with Gasteiger partial charge in [-0.15, -0.1) is 5.10 Å². The summed E-state index contributed by atoms with van der Waals surface area (Å²) < 4.78 is 4.15. The number of hydrogen-bond donors (Lipinski definition) is 1. The van der Waals surface area contributed by atoms with E-state index < -0.39 is 0 Å². The highest BCUT2D eigenvalue weighted by Gasteiger charge is 2.18. The normalized spacial score (nSPS) is 12.6. The van der Waals surface area contributed by atoms with E-state index in [0.717, 1.165) is 31.5 Å². The average molecular weight is 303 g/mol. The number of benzene rings is 1. The van der Waals surface area contributed by atoms with Crippen molar-refractivity contribution in [2.24, 2.45) is 0 Å². The SMILES string of the molecule is CCCNC(Cc1cc(C)cc(C)c1)c1snnc1CC. The average Bonchev–Trinajstić information content (AvgIpc) is 2.90. The summed E-state index contributed by atoms with van der Waals surface area (Å²) in [7, 11) is 0. The van der Waals surface area contributed by atoms with Crippen molar-refractivity contribution in [3.05, 3.63) is 45.5 Å². The Kier molecular flexibility index (Phi) is 5.88. The molecule has 0 aliphatic rings. The van der Waals surface area contributed by atoms with E-state index in [1.807, 2.05) is 0 Å². The van der Waals surface area contributed by atoms with Crippen LogP contribution >= 0.6 is 11.5 Å². The summed E-state index contributed by atoms with van der Waals surface area (Å²) in [4.78, 5) is 1.30. The van der Waals surface area contributed by atoms with E-state index >= 15 is 0 Å². The number of nitrogens with one attached hydrogen (secondary N) is 1. The Morgan fingerprint density at radius 2 is 1.86 bits per heavy atom. The van der Waals surface area contributed by atoms with E-state index in [1.54, 1.807) is 0 Å². The fourth-order valence-electron chi connectivity index (χ4n) is 2.72. The van der Waals surface area contributed by atoms with Gasteiger partial charge in [-0.05, 0) is 56.8 Å². The van der Waals surface area contributed by atoms with Crippen molar-refractivity contribution >= 4 is 11.5 Å².